The first-order valence-electron chi connectivity index (χ1n) is 5.42. The smallest absolute Gasteiger partial charge is 0.145 e. The van der Waals surface area contributed by atoms with Gasteiger partial charge >= 0.3 is 0 Å². The number of ether oxygens (including phenoxy) is 1. The molecule has 0 spiro atoms. The van der Waals surface area contributed by atoms with Gasteiger partial charge in [-0.25, -0.2) is 4.39 Å². The van der Waals surface area contributed by atoms with Gasteiger partial charge in [-0.15, -0.1) is 0 Å². The van der Waals surface area contributed by atoms with Crippen molar-refractivity contribution in [2.24, 2.45) is 5.73 Å². The average Bonchev–Trinajstić information content (AvgIpc) is 2.41. The Hall–Kier alpha value is -1.65. The van der Waals surface area contributed by atoms with Gasteiger partial charge < -0.3 is 10.5 Å². The van der Waals surface area contributed by atoms with Crippen molar-refractivity contribution in [2.75, 3.05) is 6.54 Å². The van der Waals surface area contributed by atoms with E-state index >= 15 is 0 Å². The predicted molar refractivity (Wildman–Crippen MR) is 68.1 cm³/mol. The highest BCUT2D eigenvalue weighted by Gasteiger charge is 2.12. The van der Waals surface area contributed by atoms with Gasteiger partial charge in [0.15, 0.2) is 0 Å². The van der Waals surface area contributed by atoms with Gasteiger partial charge in [-0.3, -0.25) is 4.98 Å². The first-order valence-corrected chi connectivity index (χ1v) is 5.80. The molecule has 3 nitrogen and oxygen atoms in total. The standard InChI is InChI=1S/C13H12ClFN2O/c14-11-2-1-10(7-12(11)15)18-13(8-16)9-3-5-17-6-4-9/h1-7,13H,8,16H2. The summed E-state index contributed by atoms with van der Waals surface area (Å²) < 4.78 is 18.9. The van der Waals surface area contributed by atoms with Crippen LogP contribution in [0.3, 0.4) is 0 Å². The van der Waals surface area contributed by atoms with E-state index in [4.69, 9.17) is 22.1 Å². The van der Waals surface area contributed by atoms with E-state index < -0.39 is 5.82 Å². The second kappa shape index (κ2) is 5.80. The molecule has 1 atom stereocenters. The van der Waals surface area contributed by atoms with E-state index in [0.717, 1.165) is 5.56 Å². The second-order valence-corrected chi connectivity index (χ2v) is 4.11. The zero-order valence-corrected chi connectivity index (χ0v) is 10.3. The molecule has 0 fully saturated rings. The molecule has 0 bridgehead atoms. The van der Waals surface area contributed by atoms with Gasteiger partial charge in [0.05, 0.1) is 5.02 Å². The first-order chi connectivity index (χ1) is 8.70. The summed E-state index contributed by atoms with van der Waals surface area (Å²) in [5.41, 5.74) is 6.55. The van der Waals surface area contributed by atoms with E-state index in [1.54, 1.807) is 18.5 Å². The Morgan fingerprint density at radius 2 is 2.00 bits per heavy atom. The van der Waals surface area contributed by atoms with E-state index in [9.17, 15) is 4.39 Å². The lowest BCUT2D eigenvalue weighted by Gasteiger charge is -2.17. The number of nitrogens with zero attached hydrogens (tertiary/aromatic N) is 1. The van der Waals surface area contributed by atoms with E-state index in [1.165, 1.54) is 12.1 Å². The van der Waals surface area contributed by atoms with Crippen molar-refractivity contribution in [3.63, 3.8) is 0 Å². The Morgan fingerprint density at radius 3 is 2.61 bits per heavy atom. The third-order valence-electron chi connectivity index (χ3n) is 2.46. The highest BCUT2D eigenvalue weighted by Crippen LogP contribution is 2.24. The van der Waals surface area contributed by atoms with E-state index in [-0.39, 0.29) is 17.7 Å². The first kappa shape index (κ1) is 12.8. The lowest BCUT2D eigenvalue weighted by molar-refractivity contribution is 0.213. The maximum absolute atomic E-state index is 13.3. The Bertz CT molecular complexity index is 522. The molecule has 0 aliphatic rings. The van der Waals surface area contributed by atoms with Gasteiger partial charge in [-0.05, 0) is 29.8 Å². The SMILES string of the molecule is NCC(Oc1ccc(Cl)c(F)c1)c1ccncc1. The van der Waals surface area contributed by atoms with Crippen molar-refractivity contribution < 1.29 is 9.13 Å². The monoisotopic (exact) mass is 266 g/mol. The number of hydrogen-bond donors (Lipinski definition) is 1. The lowest BCUT2D eigenvalue weighted by atomic mass is 10.1. The molecule has 2 N–H and O–H groups in total. The number of rotatable bonds is 4. The van der Waals surface area contributed by atoms with Gasteiger partial charge in [-0.2, -0.15) is 0 Å². The van der Waals surface area contributed by atoms with Crippen molar-refractivity contribution in [3.8, 4) is 5.75 Å². The molecule has 94 valence electrons. The summed E-state index contributed by atoms with van der Waals surface area (Å²) in [6.07, 6.45) is 2.97. The zero-order chi connectivity index (χ0) is 13.0. The number of hydrogen-bond acceptors (Lipinski definition) is 3. The normalized spacial score (nSPS) is 12.2. The minimum absolute atomic E-state index is 0.0653. The van der Waals surface area contributed by atoms with E-state index in [2.05, 4.69) is 4.98 Å². The second-order valence-electron chi connectivity index (χ2n) is 3.70. The lowest BCUT2D eigenvalue weighted by Crippen LogP contribution is -2.18. The predicted octanol–water partition coefficient (Wildman–Crippen LogP) is 2.95. The fourth-order valence-corrected chi connectivity index (χ4v) is 1.66. The Kier molecular flexibility index (Phi) is 4.12. The number of benzene rings is 1. The quantitative estimate of drug-likeness (QED) is 0.926. The van der Waals surface area contributed by atoms with Crippen molar-refractivity contribution in [1.82, 2.24) is 4.98 Å². The maximum Gasteiger partial charge on any atom is 0.145 e. The zero-order valence-electron chi connectivity index (χ0n) is 9.51. The number of pyridine rings is 1. The fourth-order valence-electron chi connectivity index (χ4n) is 1.54. The molecule has 1 unspecified atom stereocenters. The average molecular weight is 267 g/mol. The van der Waals surface area contributed by atoms with Crippen LogP contribution < -0.4 is 10.5 Å². The van der Waals surface area contributed by atoms with Crippen LogP contribution in [0.15, 0.2) is 42.7 Å². The molecular formula is C13H12ClFN2O. The number of nitrogens with two attached hydrogens (primary N) is 1. The molecule has 0 radical (unpaired) electrons. The largest absolute Gasteiger partial charge is 0.484 e. The highest BCUT2D eigenvalue weighted by atomic mass is 35.5. The van der Waals surface area contributed by atoms with Gasteiger partial charge in [0.2, 0.25) is 0 Å². The Morgan fingerprint density at radius 1 is 1.28 bits per heavy atom. The summed E-state index contributed by atoms with van der Waals surface area (Å²) in [6.45, 7) is 0.286. The van der Waals surface area contributed by atoms with E-state index in [1.807, 2.05) is 12.1 Å². The van der Waals surface area contributed by atoms with Crippen LogP contribution in [0.2, 0.25) is 5.02 Å². The highest BCUT2D eigenvalue weighted by molar-refractivity contribution is 6.30. The van der Waals surface area contributed by atoms with Crippen molar-refractivity contribution >= 4 is 11.6 Å². The molecular weight excluding hydrogens is 255 g/mol. The van der Waals surface area contributed by atoms with Crippen LogP contribution in [0.5, 0.6) is 5.75 Å². The summed E-state index contributed by atoms with van der Waals surface area (Å²) in [4.78, 5) is 3.92. The minimum atomic E-state index is -0.514. The molecule has 0 aliphatic carbocycles. The molecule has 0 aliphatic heterocycles. The molecule has 5 heteroatoms. The minimum Gasteiger partial charge on any atom is -0.484 e. The van der Waals surface area contributed by atoms with Crippen LogP contribution >= 0.6 is 11.6 Å². The summed E-state index contributed by atoms with van der Waals surface area (Å²) in [6, 6.07) is 7.92. The van der Waals surface area contributed by atoms with Crippen molar-refractivity contribution in [1.29, 1.82) is 0 Å². The summed E-state index contributed by atoms with van der Waals surface area (Å²) in [7, 11) is 0. The Labute approximate surface area is 109 Å². The van der Waals surface area contributed by atoms with Gasteiger partial charge in [0.25, 0.3) is 0 Å². The number of halogens is 2. The van der Waals surface area contributed by atoms with E-state index in [0.29, 0.717) is 5.75 Å². The van der Waals surface area contributed by atoms with Crippen LogP contribution in [-0.2, 0) is 0 Å². The third-order valence-corrected chi connectivity index (χ3v) is 2.77. The van der Waals surface area contributed by atoms with Crippen LogP contribution in [-0.4, -0.2) is 11.5 Å². The molecule has 0 amide bonds. The molecule has 0 saturated carbocycles. The van der Waals surface area contributed by atoms with Crippen LogP contribution in [0, 0.1) is 5.82 Å². The topological polar surface area (TPSA) is 48.1 Å². The Balaban J connectivity index is 2.18. The van der Waals surface area contributed by atoms with Crippen molar-refractivity contribution in [2.45, 2.75) is 6.10 Å². The van der Waals surface area contributed by atoms with Crippen LogP contribution in [0.1, 0.15) is 11.7 Å². The third kappa shape index (κ3) is 2.97. The van der Waals surface area contributed by atoms with Crippen molar-refractivity contribution in [3.05, 3.63) is 59.1 Å². The van der Waals surface area contributed by atoms with Crippen LogP contribution in [0.4, 0.5) is 4.39 Å². The molecule has 1 aromatic carbocycles. The summed E-state index contributed by atoms with van der Waals surface area (Å²) in [5, 5.41) is 0.0653. The van der Waals surface area contributed by atoms with Gasteiger partial charge in [0, 0.05) is 25.0 Å². The van der Waals surface area contributed by atoms with Gasteiger partial charge in [-0.1, -0.05) is 11.6 Å². The maximum atomic E-state index is 13.3. The number of aromatic nitrogens is 1. The molecule has 2 aromatic rings. The summed E-state index contributed by atoms with van der Waals surface area (Å²) >= 11 is 5.60. The molecule has 2 rings (SSSR count). The molecule has 1 heterocycles. The molecule has 1 aromatic heterocycles. The molecule has 0 saturated heterocycles. The van der Waals surface area contributed by atoms with Gasteiger partial charge in [0.1, 0.15) is 17.7 Å². The summed E-state index contributed by atoms with van der Waals surface area (Å²) in [5.74, 6) is -0.121. The van der Waals surface area contributed by atoms with Crippen LogP contribution in [0.25, 0.3) is 0 Å². The fraction of sp³-hybridized carbons (Fsp3) is 0.154. The molecule has 18 heavy (non-hydrogen) atoms.